The quantitative estimate of drug-likeness (QED) is 0.313. The van der Waals surface area contributed by atoms with E-state index in [2.05, 4.69) is 5.10 Å². The van der Waals surface area contributed by atoms with Crippen LogP contribution in [0.1, 0.15) is 32.0 Å². The summed E-state index contributed by atoms with van der Waals surface area (Å²) in [4.78, 5) is 36.6. The monoisotopic (exact) mass is 512 g/mol. The van der Waals surface area contributed by atoms with E-state index < -0.39 is 17.8 Å². The Morgan fingerprint density at radius 2 is 1.68 bits per heavy atom. The van der Waals surface area contributed by atoms with Gasteiger partial charge in [-0.1, -0.05) is 48.0 Å². The third-order valence-corrected chi connectivity index (χ3v) is 5.89. The molecule has 0 aliphatic carbocycles. The summed E-state index contributed by atoms with van der Waals surface area (Å²) in [5.41, 5.74) is 1.90. The maximum Gasteiger partial charge on any atom is 0.336 e. The highest BCUT2D eigenvalue weighted by molar-refractivity contribution is 6.37. The van der Waals surface area contributed by atoms with Crippen molar-refractivity contribution in [2.24, 2.45) is 5.10 Å². The first-order valence-corrected chi connectivity index (χ1v) is 11.4. The molecule has 2 heterocycles. The molecule has 0 spiro atoms. The maximum absolute atomic E-state index is 13.5. The molecule has 0 radical (unpaired) electrons. The van der Waals surface area contributed by atoms with E-state index >= 15 is 0 Å². The minimum Gasteiger partial charge on any atom is -0.478 e. The average Bonchev–Trinajstić information content (AvgIpc) is 3.49. The number of benzene rings is 3. The molecule has 8 nitrogen and oxygen atoms in total. The summed E-state index contributed by atoms with van der Waals surface area (Å²) in [7, 11) is 0. The normalized spacial score (nSPS) is 14.2. The SMILES string of the molecule is O=C(O)c1cccc(N2N=C(c3ccccc3)/C(=C/c3ccc(-c4cc(Cl)ccc4C(=O)O)o3)C2=O)c1. The van der Waals surface area contributed by atoms with Gasteiger partial charge in [0, 0.05) is 16.1 Å². The number of nitrogens with zero attached hydrogens (tertiary/aromatic N) is 2. The highest BCUT2D eigenvalue weighted by atomic mass is 35.5. The summed E-state index contributed by atoms with van der Waals surface area (Å²) in [6.45, 7) is 0. The van der Waals surface area contributed by atoms with Gasteiger partial charge in [-0.15, -0.1) is 0 Å². The molecule has 0 saturated heterocycles. The minimum absolute atomic E-state index is 0.0191. The Hall–Kier alpha value is -4.95. The zero-order valence-electron chi connectivity index (χ0n) is 19.0. The fourth-order valence-corrected chi connectivity index (χ4v) is 4.10. The summed E-state index contributed by atoms with van der Waals surface area (Å²) in [6.07, 6.45) is 1.52. The molecule has 4 aromatic rings. The van der Waals surface area contributed by atoms with Gasteiger partial charge in [-0.25, -0.2) is 9.59 Å². The Bertz CT molecular complexity index is 1620. The number of carboxylic acids is 2. The molecule has 182 valence electrons. The third-order valence-electron chi connectivity index (χ3n) is 5.65. The van der Waals surface area contributed by atoms with Crippen LogP contribution >= 0.6 is 11.6 Å². The van der Waals surface area contributed by atoms with Gasteiger partial charge in [0.1, 0.15) is 17.2 Å². The number of hydrazone groups is 1. The van der Waals surface area contributed by atoms with Crippen LogP contribution in [0.15, 0.2) is 100 Å². The fourth-order valence-electron chi connectivity index (χ4n) is 3.92. The highest BCUT2D eigenvalue weighted by Crippen LogP contribution is 2.32. The Balaban J connectivity index is 1.58. The average molecular weight is 513 g/mol. The zero-order valence-corrected chi connectivity index (χ0v) is 19.7. The number of carbonyl (C=O) groups is 3. The van der Waals surface area contributed by atoms with Crippen LogP contribution in [0.25, 0.3) is 17.4 Å². The summed E-state index contributed by atoms with van der Waals surface area (Å²) in [6, 6.07) is 22.6. The second-order valence-electron chi connectivity index (χ2n) is 8.04. The number of anilines is 1. The lowest BCUT2D eigenvalue weighted by Gasteiger charge is -2.12. The first kappa shape index (κ1) is 23.8. The lowest BCUT2D eigenvalue weighted by molar-refractivity contribution is -0.114. The van der Waals surface area contributed by atoms with Gasteiger partial charge in [-0.3, -0.25) is 4.79 Å². The number of hydrogen-bond donors (Lipinski definition) is 2. The molecule has 1 aliphatic heterocycles. The number of rotatable bonds is 6. The molecule has 0 atom stereocenters. The van der Waals surface area contributed by atoms with E-state index in [1.807, 2.05) is 18.2 Å². The molecule has 1 aromatic heterocycles. The van der Waals surface area contributed by atoms with E-state index in [0.29, 0.717) is 33.3 Å². The van der Waals surface area contributed by atoms with E-state index in [-0.39, 0.29) is 22.5 Å². The molecule has 37 heavy (non-hydrogen) atoms. The van der Waals surface area contributed by atoms with Gasteiger partial charge in [0.15, 0.2) is 0 Å². The van der Waals surface area contributed by atoms with Crippen molar-refractivity contribution in [3.8, 4) is 11.3 Å². The van der Waals surface area contributed by atoms with Gasteiger partial charge in [0.2, 0.25) is 0 Å². The molecule has 0 unspecified atom stereocenters. The molecular formula is C28H17ClN2O6. The van der Waals surface area contributed by atoms with Crippen LogP contribution in [0, 0.1) is 0 Å². The Kier molecular flexibility index (Phi) is 6.17. The van der Waals surface area contributed by atoms with Gasteiger partial charge in [-0.2, -0.15) is 10.1 Å². The number of carbonyl (C=O) groups excluding carboxylic acids is 1. The van der Waals surface area contributed by atoms with Crippen molar-refractivity contribution in [3.05, 3.63) is 118 Å². The Morgan fingerprint density at radius 1 is 0.892 bits per heavy atom. The van der Waals surface area contributed by atoms with Crippen LogP contribution in [0.3, 0.4) is 0 Å². The molecule has 0 bridgehead atoms. The van der Waals surface area contributed by atoms with E-state index in [4.69, 9.17) is 16.0 Å². The van der Waals surface area contributed by atoms with Crippen LogP contribution in [0.5, 0.6) is 0 Å². The Morgan fingerprint density at radius 3 is 2.41 bits per heavy atom. The smallest absolute Gasteiger partial charge is 0.336 e. The molecule has 9 heteroatoms. The van der Waals surface area contributed by atoms with Crippen molar-refractivity contribution >= 4 is 46.9 Å². The minimum atomic E-state index is -1.13. The second kappa shape index (κ2) is 9.60. The van der Waals surface area contributed by atoms with E-state index in [0.717, 1.165) is 5.01 Å². The van der Waals surface area contributed by atoms with Gasteiger partial charge in [0.25, 0.3) is 5.91 Å². The zero-order chi connectivity index (χ0) is 26.1. The molecule has 1 amide bonds. The maximum atomic E-state index is 13.5. The van der Waals surface area contributed by atoms with Crippen molar-refractivity contribution in [3.63, 3.8) is 0 Å². The fraction of sp³-hybridized carbons (Fsp3) is 0. The van der Waals surface area contributed by atoms with Crippen molar-refractivity contribution in [1.29, 1.82) is 0 Å². The highest BCUT2D eigenvalue weighted by Gasteiger charge is 2.32. The lowest BCUT2D eigenvalue weighted by atomic mass is 10.0. The number of carboxylic acid groups (broad SMARTS) is 2. The number of amides is 1. The number of hydrogen-bond acceptors (Lipinski definition) is 5. The van der Waals surface area contributed by atoms with Gasteiger partial charge in [0.05, 0.1) is 22.4 Å². The molecule has 1 aliphatic rings. The first-order valence-electron chi connectivity index (χ1n) is 11.0. The van der Waals surface area contributed by atoms with Crippen molar-refractivity contribution in [2.45, 2.75) is 0 Å². The second-order valence-corrected chi connectivity index (χ2v) is 8.48. The molecule has 2 N–H and O–H groups in total. The summed E-state index contributed by atoms with van der Waals surface area (Å²) in [5, 5.41) is 24.9. The van der Waals surface area contributed by atoms with Gasteiger partial charge < -0.3 is 14.6 Å². The van der Waals surface area contributed by atoms with Crippen LogP contribution in [-0.4, -0.2) is 33.8 Å². The van der Waals surface area contributed by atoms with E-state index in [1.165, 1.54) is 42.5 Å². The third kappa shape index (κ3) is 4.65. The van der Waals surface area contributed by atoms with Crippen molar-refractivity contribution < 1.29 is 29.0 Å². The molecule has 0 saturated carbocycles. The summed E-state index contributed by atoms with van der Waals surface area (Å²) < 4.78 is 5.90. The van der Waals surface area contributed by atoms with Gasteiger partial charge in [-0.05, 0) is 54.6 Å². The van der Waals surface area contributed by atoms with Crippen LogP contribution in [0.2, 0.25) is 5.02 Å². The van der Waals surface area contributed by atoms with Crippen LogP contribution in [-0.2, 0) is 4.79 Å². The molecule has 0 fully saturated rings. The number of halogens is 1. The topological polar surface area (TPSA) is 120 Å². The summed E-state index contributed by atoms with van der Waals surface area (Å²) >= 11 is 6.08. The number of furan rings is 1. The molecular weight excluding hydrogens is 496 g/mol. The van der Waals surface area contributed by atoms with Crippen LogP contribution < -0.4 is 5.01 Å². The number of aromatic carboxylic acids is 2. The predicted molar refractivity (Wildman–Crippen MR) is 138 cm³/mol. The molecule has 5 rings (SSSR count). The van der Waals surface area contributed by atoms with Gasteiger partial charge >= 0.3 is 11.9 Å². The Labute approximate surface area is 215 Å². The van der Waals surface area contributed by atoms with Crippen molar-refractivity contribution in [2.75, 3.05) is 5.01 Å². The predicted octanol–water partition coefficient (Wildman–Crippen LogP) is 5.83. The molecule has 3 aromatic carbocycles. The summed E-state index contributed by atoms with van der Waals surface area (Å²) in [5.74, 6) is -2.18. The van der Waals surface area contributed by atoms with E-state index in [1.54, 1.807) is 30.3 Å². The van der Waals surface area contributed by atoms with Crippen molar-refractivity contribution in [1.82, 2.24) is 0 Å². The van der Waals surface area contributed by atoms with E-state index in [9.17, 15) is 24.6 Å². The first-order chi connectivity index (χ1) is 17.8. The lowest BCUT2D eigenvalue weighted by Crippen LogP contribution is -2.21. The largest absolute Gasteiger partial charge is 0.478 e. The van der Waals surface area contributed by atoms with Crippen LogP contribution in [0.4, 0.5) is 5.69 Å². The standard InChI is InChI=1S/C28H17ClN2O6/c29-18-9-11-21(28(35)36)22(14-18)24-12-10-20(37-24)15-23-25(16-5-2-1-3-6-16)30-31(26(23)32)19-8-4-7-17(13-19)27(33)34/h1-15H,(H,33,34)(H,35,36)/b23-15-.